The Balaban J connectivity index is 1.13. The molecular weight excluding hydrogens is 532 g/mol. The van der Waals surface area contributed by atoms with Crippen molar-refractivity contribution in [2.75, 3.05) is 56.2 Å². The van der Waals surface area contributed by atoms with Crippen LogP contribution >= 0.6 is 0 Å². The number of piperazine rings is 1. The summed E-state index contributed by atoms with van der Waals surface area (Å²) in [4.78, 5) is 43.7. The minimum atomic E-state index is -0.419. The van der Waals surface area contributed by atoms with E-state index in [2.05, 4.69) is 19.8 Å². The van der Waals surface area contributed by atoms with Crippen molar-refractivity contribution in [1.82, 2.24) is 19.8 Å². The summed E-state index contributed by atoms with van der Waals surface area (Å²) in [5.74, 6) is 2.01. The van der Waals surface area contributed by atoms with E-state index >= 15 is 0 Å². The molecule has 0 spiro atoms. The molecule has 2 saturated heterocycles. The number of nitrogens with zero attached hydrogens (tertiary/aromatic N) is 6. The highest BCUT2D eigenvalue weighted by Gasteiger charge is 2.42. The molecule has 220 valence electrons. The SMILES string of the molecule is COc1cc2c(cc1OCc1ccccc1)CN1C(=O)CC[C@@H]1C(=O)N2CCCCN1CCN(c2ncccn2)CC1. The molecule has 0 unspecified atom stereocenters. The van der Waals surface area contributed by atoms with E-state index in [4.69, 9.17) is 9.47 Å². The molecule has 1 aromatic heterocycles. The summed E-state index contributed by atoms with van der Waals surface area (Å²) in [6.07, 6.45) is 6.38. The van der Waals surface area contributed by atoms with Gasteiger partial charge in [0.15, 0.2) is 11.5 Å². The van der Waals surface area contributed by atoms with Crippen LogP contribution in [0.1, 0.15) is 36.8 Å². The minimum Gasteiger partial charge on any atom is -0.493 e. The predicted octanol–water partition coefficient (Wildman–Crippen LogP) is 3.50. The smallest absolute Gasteiger partial charge is 0.249 e. The third kappa shape index (κ3) is 6.04. The lowest BCUT2D eigenvalue weighted by Gasteiger charge is -2.34. The molecule has 2 amide bonds. The van der Waals surface area contributed by atoms with Crippen LogP contribution in [0.2, 0.25) is 0 Å². The van der Waals surface area contributed by atoms with Crippen LogP contribution in [-0.2, 0) is 22.7 Å². The molecular formula is C32H38N6O4. The number of anilines is 2. The van der Waals surface area contributed by atoms with E-state index in [1.54, 1.807) is 24.4 Å². The molecule has 0 saturated carbocycles. The second-order valence-corrected chi connectivity index (χ2v) is 11.1. The molecule has 2 aromatic carbocycles. The molecule has 1 atom stereocenters. The van der Waals surface area contributed by atoms with Crippen molar-refractivity contribution in [2.45, 2.75) is 44.9 Å². The number of hydrogen-bond acceptors (Lipinski definition) is 8. The molecule has 10 heteroatoms. The van der Waals surface area contributed by atoms with Crippen molar-refractivity contribution in [1.29, 1.82) is 0 Å². The van der Waals surface area contributed by atoms with Gasteiger partial charge in [-0.1, -0.05) is 30.3 Å². The van der Waals surface area contributed by atoms with Gasteiger partial charge in [-0.25, -0.2) is 9.97 Å². The van der Waals surface area contributed by atoms with Gasteiger partial charge in [0.05, 0.1) is 12.8 Å². The lowest BCUT2D eigenvalue weighted by atomic mass is 10.1. The van der Waals surface area contributed by atoms with E-state index in [-0.39, 0.29) is 11.8 Å². The molecule has 2 fully saturated rings. The molecule has 10 nitrogen and oxygen atoms in total. The van der Waals surface area contributed by atoms with E-state index in [9.17, 15) is 9.59 Å². The summed E-state index contributed by atoms with van der Waals surface area (Å²) in [5, 5.41) is 0. The van der Waals surface area contributed by atoms with Gasteiger partial charge in [-0.05, 0) is 49.1 Å². The maximum Gasteiger partial charge on any atom is 0.249 e. The second-order valence-electron chi connectivity index (χ2n) is 11.1. The van der Waals surface area contributed by atoms with Crippen LogP contribution < -0.4 is 19.3 Å². The van der Waals surface area contributed by atoms with Gasteiger partial charge in [0.2, 0.25) is 17.8 Å². The highest BCUT2D eigenvalue weighted by atomic mass is 16.5. The average molecular weight is 571 g/mol. The van der Waals surface area contributed by atoms with E-state index in [1.165, 1.54) is 0 Å². The summed E-state index contributed by atoms with van der Waals surface area (Å²) in [7, 11) is 1.62. The summed E-state index contributed by atoms with van der Waals surface area (Å²) < 4.78 is 11.9. The first-order valence-corrected chi connectivity index (χ1v) is 14.8. The van der Waals surface area contributed by atoms with Gasteiger partial charge in [-0.15, -0.1) is 0 Å². The number of hydrogen-bond donors (Lipinski definition) is 0. The van der Waals surface area contributed by atoms with Crippen LogP contribution in [0.15, 0.2) is 60.9 Å². The van der Waals surface area contributed by atoms with Crippen LogP contribution in [-0.4, -0.2) is 84.0 Å². The Kier molecular flexibility index (Phi) is 8.50. The molecule has 0 aliphatic carbocycles. The maximum atomic E-state index is 13.8. The fraction of sp³-hybridized carbons (Fsp3) is 0.438. The topological polar surface area (TPSA) is 91.3 Å². The maximum absolute atomic E-state index is 13.8. The minimum absolute atomic E-state index is 0.00363. The summed E-state index contributed by atoms with van der Waals surface area (Å²) in [6.45, 7) is 6.10. The Bertz CT molecular complexity index is 1380. The highest BCUT2D eigenvalue weighted by Crippen LogP contribution is 2.40. The van der Waals surface area contributed by atoms with Crippen LogP contribution in [0, 0.1) is 0 Å². The third-order valence-corrected chi connectivity index (χ3v) is 8.43. The molecule has 3 aliphatic heterocycles. The first-order chi connectivity index (χ1) is 20.6. The molecule has 6 rings (SSSR count). The molecule has 3 aromatic rings. The zero-order valence-electron chi connectivity index (χ0n) is 24.2. The van der Waals surface area contributed by atoms with Crippen LogP contribution in [0.3, 0.4) is 0 Å². The van der Waals surface area contributed by atoms with Crippen molar-refractivity contribution < 1.29 is 19.1 Å². The number of fused-ring (bicyclic) bond motifs is 2. The normalized spacial score (nSPS) is 19.0. The lowest BCUT2D eigenvalue weighted by Crippen LogP contribution is -2.47. The van der Waals surface area contributed by atoms with Crippen LogP contribution in [0.4, 0.5) is 11.6 Å². The number of methoxy groups -OCH3 is 1. The fourth-order valence-corrected chi connectivity index (χ4v) is 6.11. The Morgan fingerprint density at radius 3 is 2.43 bits per heavy atom. The first kappa shape index (κ1) is 28.0. The van der Waals surface area contributed by atoms with Crippen LogP contribution in [0.25, 0.3) is 0 Å². The van der Waals surface area contributed by atoms with Crippen molar-refractivity contribution in [3.63, 3.8) is 0 Å². The zero-order chi connectivity index (χ0) is 28.9. The summed E-state index contributed by atoms with van der Waals surface area (Å²) in [6, 6.07) is 15.2. The Morgan fingerprint density at radius 2 is 1.67 bits per heavy atom. The first-order valence-electron chi connectivity index (χ1n) is 14.8. The number of ether oxygens (including phenoxy) is 2. The van der Waals surface area contributed by atoms with Gasteiger partial charge in [-0.3, -0.25) is 14.5 Å². The number of carbonyl (C=O) groups excluding carboxylic acids is 2. The monoisotopic (exact) mass is 570 g/mol. The predicted molar refractivity (Wildman–Crippen MR) is 160 cm³/mol. The molecule has 0 N–H and O–H groups in total. The quantitative estimate of drug-likeness (QED) is 0.342. The van der Waals surface area contributed by atoms with Gasteiger partial charge in [-0.2, -0.15) is 0 Å². The average Bonchev–Trinajstić information content (AvgIpc) is 3.35. The Hall–Kier alpha value is -4.18. The third-order valence-electron chi connectivity index (χ3n) is 8.43. The van der Waals surface area contributed by atoms with Crippen LogP contribution in [0.5, 0.6) is 11.5 Å². The van der Waals surface area contributed by atoms with Crippen molar-refractivity contribution >= 4 is 23.5 Å². The van der Waals surface area contributed by atoms with E-state index in [0.29, 0.717) is 44.0 Å². The van der Waals surface area contributed by atoms with Gasteiger partial charge in [0, 0.05) is 64.1 Å². The van der Waals surface area contributed by atoms with Gasteiger partial charge in [0.25, 0.3) is 0 Å². The highest BCUT2D eigenvalue weighted by molar-refractivity contribution is 6.02. The zero-order valence-corrected chi connectivity index (χ0v) is 24.2. The largest absolute Gasteiger partial charge is 0.493 e. The molecule has 4 heterocycles. The van der Waals surface area contributed by atoms with Gasteiger partial charge < -0.3 is 24.2 Å². The van der Waals surface area contributed by atoms with E-state index < -0.39 is 6.04 Å². The van der Waals surface area contributed by atoms with Gasteiger partial charge in [0.1, 0.15) is 12.6 Å². The molecule has 0 bridgehead atoms. The summed E-state index contributed by atoms with van der Waals surface area (Å²) in [5.41, 5.74) is 2.77. The fourth-order valence-electron chi connectivity index (χ4n) is 6.11. The van der Waals surface area contributed by atoms with Crippen molar-refractivity contribution in [3.8, 4) is 11.5 Å². The molecule has 3 aliphatic rings. The van der Waals surface area contributed by atoms with Crippen molar-refractivity contribution in [2.24, 2.45) is 0 Å². The Morgan fingerprint density at radius 1 is 0.905 bits per heavy atom. The standard InChI is InChI=1S/C32H38N6O4/c1-41-28-21-27-25(20-29(28)42-23-24-8-3-2-4-9-24)22-38-26(10-11-30(38)39)31(40)37(27)15-6-5-14-35-16-18-36(19-17-35)32-33-12-7-13-34-32/h2-4,7-9,12-13,20-21,26H,5-6,10-11,14-19,22-23H2,1H3/t26-/m1/s1. The molecule has 42 heavy (non-hydrogen) atoms. The number of benzene rings is 2. The summed E-state index contributed by atoms with van der Waals surface area (Å²) >= 11 is 0. The Labute approximate surface area is 246 Å². The van der Waals surface area contributed by atoms with Gasteiger partial charge >= 0.3 is 0 Å². The number of carbonyl (C=O) groups is 2. The van der Waals surface area contributed by atoms with Crippen molar-refractivity contribution in [3.05, 3.63) is 72.1 Å². The number of amides is 2. The number of aromatic nitrogens is 2. The second kappa shape index (κ2) is 12.8. The van der Waals surface area contributed by atoms with E-state index in [0.717, 1.165) is 68.3 Å². The lowest BCUT2D eigenvalue weighted by molar-refractivity contribution is -0.134. The van der Waals surface area contributed by atoms with E-state index in [1.807, 2.05) is 53.4 Å². The molecule has 0 radical (unpaired) electrons. The number of unbranched alkanes of at least 4 members (excludes halogenated alkanes) is 1. The number of rotatable bonds is 10.